The summed E-state index contributed by atoms with van der Waals surface area (Å²) in [6.45, 7) is 0. The van der Waals surface area contributed by atoms with Gasteiger partial charge in [-0.05, 0) is 58.4 Å². The molecule has 0 atom stereocenters. The zero-order chi connectivity index (χ0) is 29.5. The standard InChI is InChI=1S/C40H30N4/c41-26-27-17-22-32-33-15-10-16-34(36(33)40(35(32)25-27)23-8-3-9-24-40)39-43-37(30-13-6-2-7-14-30)42-38(44-39)31-20-18-29(19-21-31)28-11-4-1-5-12-28/h1-2,4-7,10-22,25H,3,8-9,23-24H2. The van der Waals surface area contributed by atoms with E-state index in [4.69, 9.17) is 15.0 Å². The Morgan fingerprint density at radius 2 is 1.07 bits per heavy atom. The van der Waals surface area contributed by atoms with Crippen molar-refractivity contribution in [2.75, 3.05) is 0 Å². The summed E-state index contributed by atoms with van der Waals surface area (Å²) in [4.78, 5) is 15.3. The molecule has 1 spiro atoms. The molecule has 1 fully saturated rings. The second kappa shape index (κ2) is 10.7. The fourth-order valence-electron chi connectivity index (χ4n) is 7.32. The highest BCUT2D eigenvalue weighted by molar-refractivity contribution is 5.88. The van der Waals surface area contributed by atoms with Gasteiger partial charge in [-0.15, -0.1) is 0 Å². The number of nitrogens with zero attached hydrogens (tertiary/aromatic N) is 4. The maximum Gasteiger partial charge on any atom is 0.164 e. The molecule has 1 aromatic heterocycles. The van der Waals surface area contributed by atoms with Gasteiger partial charge in [0, 0.05) is 22.1 Å². The molecule has 8 rings (SSSR count). The van der Waals surface area contributed by atoms with Crippen LogP contribution in [0.2, 0.25) is 0 Å². The van der Waals surface area contributed by atoms with E-state index in [0.29, 0.717) is 17.5 Å². The first-order valence-corrected chi connectivity index (χ1v) is 15.4. The van der Waals surface area contributed by atoms with Gasteiger partial charge in [-0.25, -0.2) is 15.0 Å². The van der Waals surface area contributed by atoms with E-state index in [1.807, 2.05) is 30.3 Å². The van der Waals surface area contributed by atoms with Crippen molar-refractivity contribution in [2.24, 2.45) is 0 Å². The van der Waals surface area contributed by atoms with Crippen molar-refractivity contribution in [3.63, 3.8) is 0 Å². The lowest BCUT2D eigenvalue weighted by molar-refractivity contribution is 0.353. The summed E-state index contributed by atoms with van der Waals surface area (Å²) >= 11 is 0. The minimum absolute atomic E-state index is 0.149. The highest BCUT2D eigenvalue weighted by Gasteiger charge is 2.45. The van der Waals surface area contributed by atoms with Gasteiger partial charge in [-0.1, -0.05) is 128 Å². The molecule has 0 radical (unpaired) electrons. The second-order valence-corrected chi connectivity index (χ2v) is 11.9. The topological polar surface area (TPSA) is 62.5 Å². The molecular weight excluding hydrogens is 536 g/mol. The van der Waals surface area contributed by atoms with E-state index >= 15 is 0 Å². The first-order valence-electron chi connectivity index (χ1n) is 15.4. The normalized spacial score (nSPS) is 14.5. The Bertz CT molecular complexity index is 2030. The monoisotopic (exact) mass is 566 g/mol. The average molecular weight is 567 g/mol. The number of hydrogen-bond acceptors (Lipinski definition) is 4. The van der Waals surface area contributed by atoms with E-state index in [-0.39, 0.29) is 5.41 Å². The molecule has 5 aromatic carbocycles. The van der Waals surface area contributed by atoms with E-state index in [9.17, 15) is 5.26 Å². The fraction of sp³-hybridized carbons (Fsp3) is 0.150. The molecule has 44 heavy (non-hydrogen) atoms. The quantitative estimate of drug-likeness (QED) is 0.213. The van der Waals surface area contributed by atoms with Crippen LogP contribution < -0.4 is 0 Å². The average Bonchev–Trinajstić information content (AvgIpc) is 3.37. The molecule has 4 heteroatoms. The molecule has 6 aromatic rings. The number of nitriles is 1. The highest BCUT2D eigenvalue weighted by atomic mass is 15.0. The summed E-state index contributed by atoms with van der Waals surface area (Å²) in [7, 11) is 0. The smallest absolute Gasteiger partial charge is 0.164 e. The molecule has 2 aliphatic rings. The van der Waals surface area contributed by atoms with Gasteiger partial charge in [-0.2, -0.15) is 5.26 Å². The number of aromatic nitrogens is 3. The molecule has 0 N–H and O–H groups in total. The molecule has 210 valence electrons. The Morgan fingerprint density at radius 3 is 1.75 bits per heavy atom. The Morgan fingerprint density at radius 1 is 0.500 bits per heavy atom. The van der Waals surface area contributed by atoms with Crippen LogP contribution >= 0.6 is 0 Å². The molecule has 0 aliphatic heterocycles. The number of hydrogen-bond donors (Lipinski definition) is 0. The lowest BCUT2D eigenvalue weighted by Crippen LogP contribution is -2.29. The van der Waals surface area contributed by atoms with Crippen LogP contribution in [0.5, 0.6) is 0 Å². The Kier molecular flexibility index (Phi) is 6.38. The van der Waals surface area contributed by atoms with Crippen LogP contribution in [0.25, 0.3) is 56.4 Å². The van der Waals surface area contributed by atoms with Crippen molar-refractivity contribution >= 4 is 0 Å². The lowest BCUT2D eigenvalue weighted by Gasteiger charge is -2.37. The summed E-state index contributed by atoms with van der Waals surface area (Å²) in [6.07, 6.45) is 5.68. The SMILES string of the molecule is N#Cc1ccc2c(c1)C1(CCCCC1)c1c(-c3nc(-c4ccccc4)nc(-c4ccc(-c5ccccc5)cc4)n3)cccc1-2. The lowest BCUT2D eigenvalue weighted by atomic mass is 9.66. The summed E-state index contributed by atoms with van der Waals surface area (Å²) in [5.41, 5.74) is 10.9. The van der Waals surface area contributed by atoms with E-state index in [0.717, 1.165) is 53.5 Å². The molecule has 1 heterocycles. The van der Waals surface area contributed by atoms with Crippen LogP contribution in [0.1, 0.15) is 48.8 Å². The molecule has 1 saturated carbocycles. The van der Waals surface area contributed by atoms with Gasteiger partial charge >= 0.3 is 0 Å². The third kappa shape index (κ3) is 4.32. The zero-order valence-electron chi connectivity index (χ0n) is 24.4. The summed E-state index contributed by atoms with van der Waals surface area (Å²) in [6, 6.07) is 44.2. The van der Waals surface area contributed by atoms with Crippen LogP contribution in [-0.2, 0) is 5.41 Å². The van der Waals surface area contributed by atoms with Gasteiger partial charge in [0.15, 0.2) is 17.5 Å². The maximum atomic E-state index is 9.79. The molecular formula is C40H30N4. The van der Waals surface area contributed by atoms with Gasteiger partial charge in [0.1, 0.15) is 0 Å². The molecule has 2 aliphatic carbocycles. The second-order valence-electron chi connectivity index (χ2n) is 11.9. The molecule has 0 unspecified atom stereocenters. The summed E-state index contributed by atoms with van der Waals surface area (Å²) in [5.74, 6) is 2.01. The van der Waals surface area contributed by atoms with Crippen molar-refractivity contribution in [3.8, 4) is 62.5 Å². The van der Waals surface area contributed by atoms with E-state index in [1.165, 1.54) is 34.2 Å². The van der Waals surface area contributed by atoms with Crippen LogP contribution in [0.3, 0.4) is 0 Å². The fourth-order valence-corrected chi connectivity index (χ4v) is 7.32. The predicted molar refractivity (Wildman–Crippen MR) is 176 cm³/mol. The maximum absolute atomic E-state index is 9.79. The first-order chi connectivity index (χ1) is 21.7. The Balaban J connectivity index is 1.32. The molecule has 0 bridgehead atoms. The Labute approximate surface area is 257 Å². The van der Waals surface area contributed by atoms with Crippen molar-refractivity contribution in [1.82, 2.24) is 15.0 Å². The Hall–Kier alpha value is -5.40. The summed E-state index contributed by atoms with van der Waals surface area (Å²) < 4.78 is 0. The van der Waals surface area contributed by atoms with Crippen LogP contribution in [0.4, 0.5) is 0 Å². The van der Waals surface area contributed by atoms with Gasteiger partial charge in [0.2, 0.25) is 0 Å². The van der Waals surface area contributed by atoms with Crippen molar-refractivity contribution in [2.45, 2.75) is 37.5 Å². The third-order valence-electron chi connectivity index (χ3n) is 9.36. The van der Waals surface area contributed by atoms with Crippen molar-refractivity contribution < 1.29 is 0 Å². The predicted octanol–water partition coefficient (Wildman–Crippen LogP) is 9.64. The minimum Gasteiger partial charge on any atom is -0.208 e. The first kappa shape index (κ1) is 26.2. The number of fused-ring (bicyclic) bond motifs is 5. The third-order valence-corrected chi connectivity index (χ3v) is 9.36. The van der Waals surface area contributed by atoms with Crippen LogP contribution in [0, 0.1) is 11.3 Å². The largest absolute Gasteiger partial charge is 0.208 e. The molecule has 0 saturated heterocycles. The van der Waals surface area contributed by atoms with Crippen LogP contribution in [0.15, 0.2) is 121 Å². The number of benzene rings is 5. The van der Waals surface area contributed by atoms with Crippen LogP contribution in [-0.4, -0.2) is 15.0 Å². The molecule has 4 nitrogen and oxygen atoms in total. The number of rotatable bonds is 4. The van der Waals surface area contributed by atoms with E-state index < -0.39 is 0 Å². The van der Waals surface area contributed by atoms with Crippen molar-refractivity contribution in [3.05, 3.63) is 138 Å². The van der Waals surface area contributed by atoms with E-state index in [1.54, 1.807) is 0 Å². The van der Waals surface area contributed by atoms with Gasteiger partial charge < -0.3 is 0 Å². The van der Waals surface area contributed by atoms with Gasteiger partial charge in [-0.3, -0.25) is 0 Å². The zero-order valence-corrected chi connectivity index (χ0v) is 24.4. The van der Waals surface area contributed by atoms with E-state index in [2.05, 4.69) is 97.1 Å². The highest BCUT2D eigenvalue weighted by Crippen LogP contribution is 2.58. The minimum atomic E-state index is -0.149. The van der Waals surface area contributed by atoms with Gasteiger partial charge in [0.25, 0.3) is 0 Å². The summed E-state index contributed by atoms with van der Waals surface area (Å²) in [5, 5.41) is 9.79. The van der Waals surface area contributed by atoms with Crippen molar-refractivity contribution in [1.29, 1.82) is 5.26 Å². The molecule has 0 amide bonds. The van der Waals surface area contributed by atoms with Gasteiger partial charge in [0.05, 0.1) is 11.6 Å².